The van der Waals surface area contributed by atoms with Crippen LogP contribution < -0.4 is 3.07 Å². The summed E-state index contributed by atoms with van der Waals surface area (Å²) in [6.45, 7) is 11.4. The summed E-state index contributed by atoms with van der Waals surface area (Å²) < 4.78 is 1.15. The van der Waals surface area contributed by atoms with Crippen LogP contribution in [0.3, 0.4) is 0 Å². The monoisotopic (exact) mass is 407 g/mol. The van der Waals surface area contributed by atoms with Crippen molar-refractivity contribution in [1.29, 1.82) is 0 Å². The van der Waals surface area contributed by atoms with E-state index < -0.39 is 0 Å². The van der Waals surface area contributed by atoms with Crippen molar-refractivity contribution in [2.75, 3.05) is 0 Å². The van der Waals surface area contributed by atoms with E-state index in [9.17, 15) is 5.11 Å². The molecular formula is C14H21HgO. The molecular weight excluding hydrogens is 385 g/mol. The Kier molecular flexibility index (Phi) is 4.10. The van der Waals surface area contributed by atoms with Crippen LogP contribution in [0.2, 0.25) is 0 Å². The van der Waals surface area contributed by atoms with Crippen molar-refractivity contribution in [3.05, 3.63) is 23.8 Å². The van der Waals surface area contributed by atoms with Crippen LogP contribution in [0.4, 0.5) is 0 Å². The predicted molar refractivity (Wildman–Crippen MR) is 64.8 cm³/mol. The van der Waals surface area contributed by atoms with E-state index in [-0.39, 0.29) is 5.41 Å². The zero-order chi connectivity index (χ0) is 12.6. The van der Waals surface area contributed by atoms with E-state index >= 15 is 0 Å². The molecule has 85 valence electrons. The number of aromatic hydroxyl groups is 1. The molecule has 0 saturated carbocycles. The third-order valence-corrected chi connectivity index (χ3v) is 5.03. The molecule has 0 spiro atoms. The molecule has 1 rings (SSSR count). The van der Waals surface area contributed by atoms with E-state index in [4.69, 9.17) is 0 Å². The molecule has 1 aromatic rings. The number of hydrogen-bond acceptors (Lipinski definition) is 1. The van der Waals surface area contributed by atoms with Crippen molar-refractivity contribution in [3.8, 4) is 5.75 Å². The zero-order valence-corrected chi connectivity index (χ0v) is 16.6. The molecule has 1 nitrogen and oxygen atoms in total. The van der Waals surface area contributed by atoms with E-state index in [1.54, 1.807) is 0 Å². The van der Waals surface area contributed by atoms with Crippen LogP contribution in [0.25, 0.3) is 0 Å². The summed E-state index contributed by atoms with van der Waals surface area (Å²) in [5.41, 5.74) is 1.86. The molecule has 0 fully saturated rings. The normalized spacial score (nSPS) is 12.9. The van der Waals surface area contributed by atoms with Crippen molar-refractivity contribution < 1.29 is 31.2 Å². The van der Waals surface area contributed by atoms with Gasteiger partial charge >= 0.3 is 116 Å². The van der Waals surface area contributed by atoms with E-state index in [1.807, 2.05) is 6.07 Å². The molecule has 16 heavy (non-hydrogen) atoms. The van der Waals surface area contributed by atoms with Gasteiger partial charge in [-0.1, -0.05) is 0 Å². The first-order valence-corrected chi connectivity index (χ1v) is 8.52. The molecule has 1 aromatic carbocycles. The summed E-state index contributed by atoms with van der Waals surface area (Å²) in [4.78, 5) is 0. The number of hydrogen-bond donors (Lipinski definition) is 1. The maximum absolute atomic E-state index is 9.59. The van der Waals surface area contributed by atoms with E-state index in [1.165, 1.54) is 5.56 Å². The van der Waals surface area contributed by atoms with Crippen LogP contribution in [-0.2, 0) is 31.5 Å². The van der Waals surface area contributed by atoms with Crippen molar-refractivity contribution in [2.45, 2.75) is 46.5 Å². The first kappa shape index (κ1) is 14.0. The molecule has 0 radical (unpaired) electrons. The van der Waals surface area contributed by atoms with Crippen LogP contribution >= 0.6 is 0 Å². The molecule has 0 aliphatic rings. The van der Waals surface area contributed by atoms with Gasteiger partial charge in [0.05, 0.1) is 0 Å². The standard InChI is InChI=1S/C14H21O.Hg/c1-13(2,3)10-14(4,5)11-6-8-12(15)9-7-11;/h6-8,15H,10H2,1-5H3;. The predicted octanol–water partition coefficient (Wildman–Crippen LogP) is 3.28. The topological polar surface area (TPSA) is 20.2 Å². The summed E-state index contributed by atoms with van der Waals surface area (Å²) in [7, 11) is 0. The van der Waals surface area contributed by atoms with Crippen LogP contribution in [0, 0.1) is 5.41 Å². The van der Waals surface area contributed by atoms with Crippen molar-refractivity contribution >= 4 is 3.07 Å². The van der Waals surface area contributed by atoms with Gasteiger partial charge in [-0.3, -0.25) is 0 Å². The molecule has 0 heterocycles. The Labute approximate surface area is 115 Å². The molecule has 1 N–H and O–H groups in total. The Morgan fingerprint density at radius 2 is 1.69 bits per heavy atom. The van der Waals surface area contributed by atoms with Gasteiger partial charge in [-0.05, 0) is 0 Å². The van der Waals surface area contributed by atoms with E-state index in [0.29, 0.717) is 37.3 Å². The molecule has 0 aliphatic carbocycles. The average molecular weight is 406 g/mol. The van der Waals surface area contributed by atoms with Crippen LogP contribution in [0.1, 0.15) is 46.6 Å². The molecule has 0 saturated heterocycles. The summed E-state index contributed by atoms with van der Waals surface area (Å²) in [5, 5.41) is 9.59. The Bertz CT molecular complexity index is 375. The number of phenols is 1. The Morgan fingerprint density at radius 3 is 2.12 bits per heavy atom. The fourth-order valence-corrected chi connectivity index (χ4v) is 3.75. The maximum atomic E-state index is 9.59. The van der Waals surface area contributed by atoms with Gasteiger partial charge < -0.3 is 0 Å². The van der Waals surface area contributed by atoms with Gasteiger partial charge in [-0.15, -0.1) is 0 Å². The number of benzene rings is 1. The second-order valence-electron chi connectivity index (χ2n) is 6.46. The minimum absolute atomic E-state index is 0.181. The number of phenolic OH excluding ortho intramolecular Hbond substituents is 1. The van der Waals surface area contributed by atoms with Crippen molar-refractivity contribution in [3.63, 3.8) is 0 Å². The minimum atomic E-state index is 0.181. The second-order valence-corrected chi connectivity index (χ2v) is 9.43. The van der Waals surface area contributed by atoms with Gasteiger partial charge in [0.15, 0.2) is 0 Å². The molecule has 0 amide bonds. The van der Waals surface area contributed by atoms with Crippen LogP contribution in [0.15, 0.2) is 18.2 Å². The van der Waals surface area contributed by atoms with E-state index in [2.05, 4.69) is 46.8 Å². The second kappa shape index (κ2) is 4.68. The van der Waals surface area contributed by atoms with Gasteiger partial charge in [0.25, 0.3) is 0 Å². The van der Waals surface area contributed by atoms with E-state index in [0.717, 1.165) is 9.49 Å². The molecule has 0 unspecified atom stereocenters. The number of rotatable bonds is 2. The molecule has 0 aliphatic heterocycles. The zero-order valence-electron chi connectivity index (χ0n) is 11.1. The third kappa shape index (κ3) is 3.76. The molecule has 0 atom stereocenters. The summed E-state index contributed by atoms with van der Waals surface area (Å²) in [6, 6.07) is 6.10. The van der Waals surface area contributed by atoms with Crippen molar-refractivity contribution in [1.82, 2.24) is 0 Å². The Balaban J connectivity index is 3.02. The quantitative estimate of drug-likeness (QED) is 0.749. The Hall–Kier alpha value is -0.0449. The fourth-order valence-electron chi connectivity index (χ4n) is 2.43. The van der Waals surface area contributed by atoms with Gasteiger partial charge in [0.1, 0.15) is 0 Å². The molecule has 2 heteroatoms. The van der Waals surface area contributed by atoms with Gasteiger partial charge in [0.2, 0.25) is 0 Å². The third-order valence-electron chi connectivity index (χ3n) is 2.83. The molecule has 0 bridgehead atoms. The average Bonchev–Trinajstić information content (AvgIpc) is 2.05. The summed E-state index contributed by atoms with van der Waals surface area (Å²) in [5.74, 6) is 0.471. The van der Waals surface area contributed by atoms with Gasteiger partial charge in [0, 0.05) is 0 Å². The van der Waals surface area contributed by atoms with Crippen molar-refractivity contribution in [2.24, 2.45) is 5.41 Å². The summed E-state index contributed by atoms with van der Waals surface area (Å²) >= 11 is 0.480. The first-order chi connectivity index (χ1) is 7.12. The Morgan fingerprint density at radius 1 is 1.12 bits per heavy atom. The first-order valence-electron chi connectivity index (χ1n) is 5.77. The van der Waals surface area contributed by atoms with Crippen LogP contribution in [-0.4, -0.2) is 5.11 Å². The fraction of sp³-hybridized carbons (Fsp3) is 0.571. The van der Waals surface area contributed by atoms with Gasteiger partial charge in [-0.2, -0.15) is 0 Å². The van der Waals surface area contributed by atoms with Crippen LogP contribution in [0.5, 0.6) is 5.75 Å². The summed E-state index contributed by atoms with van der Waals surface area (Å²) in [6.07, 6.45) is 1.15. The molecule has 0 aromatic heterocycles. The van der Waals surface area contributed by atoms with Gasteiger partial charge in [-0.25, -0.2) is 0 Å². The SMILES string of the molecule is CC(C)(C)CC(C)(C)c1ccc(O)[c]([Hg])c1.